The number of nitrogens with one attached hydrogen (secondary N) is 1. The van der Waals surface area contributed by atoms with Crippen LogP contribution in [0, 0.1) is 0 Å². The van der Waals surface area contributed by atoms with Gasteiger partial charge < -0.3 is 5.32 Å². The van der Waals surface area contributed by atoms with E-state index < -0.39 is 0 Å². The Morgan fingerprint density at radius 3 is 2.15 bits per heavy atom. The number of unbranched alkanes of at least 4 members (excludes halogenated alkanes) is 7. The van der Waals surface area contributed by atoms with Gasteiger partial charge >= 0.3 is 0 Å². The van der Waals surface area contributed by atoms with Gasteiger partial charge in [-0.15, -0.1) is 0 Å². The molecule has 1 nitrogen and oxygen atoms in total. The fraction of sp³-hybridized carbons (Fsp3) is 0.833. The lowest BCUT2D eigenvalue weighted by Gasteiger charge is -1.98. The van der Waals surface area contributed by atoms with Gasteiger partial charge in [-0.2, -0.15) is 0 Å². The molecule has 0 aliphatic carbocycles. The molecular formula is C12H25N. The predicted molar refractivity (Wildman–Crippen MR) is 60.8 cm³/mol. The molecule has 1 heteroatoms. The average Bonchev–Trinajstić information content (AvgIpc) is 2.16. The number of rotatable bonds is 9. The highest BCUT2D eigenvalue weighted by atomic mass is 14.8. The maximum absolute atomic E-state index is 3.01. The highest BCUT2D eigenvalue weighted by molar-refractivity contribution is 4.77. The Bertz CT molecular complexity index is 108. The van der Waals surface area contributed by atoms with Crippen LogP contribution in [-0.2, 0) is 0 Å². The summed E-state index contributed by atoms with van der Waals surface area (Å²) in [5.74, 6) is 0. The van der Waals surface area contributed by atoms with Crippen molar-refractivity contribution in [2.75, 3.05) is 7.05 Å². The molecular weight excluding hydrogens is 158 g/mol. The van der Waals surface area contributed by atoms with Crippen molar-refractivity contribution in [3.63, 3.8) is 0 Å². The van der Waals surface area contributed by atoms with Crippen LogP contribution in [0.1, 0.15) is 58.3 Å². The highest BCUT2D eigenvalue weighted by Crippen LogP contribution is 2.08. The van der Waals surface area contributed by atoms with Crippen LogP contribution < -0.4 is 5.32 Å². The topological polar surface area (TPSA) is 12.0 Å². The van der Waals surface area contributed by atoms with E-state index in [9.17, 15) is 0 Å². The molecule has 13 heavy (non-hydrogen) atoms. The lowest BCUT2D eigenvalue weighted by molar-refractivity contribution is 0.592. The van der Waals surface area contributed by atoms with Crippen molar-refractivity contribution < 1.29 is 0 Å². The van der Waals surface area contributed by atoms with Crippen LogP contribution >= 0.6 is 0 Å². The number of hydrogen-bond acceptors (Lipinski definition) is 1. The van der Waals surface area contributed by atoms with Gasteiger partial charge in [0.25, 0.3) is 0 Å². The molecule has 0 heterocycles. The summed E-state index contributed by atoms with van der Waals surface area (Å²) in [4.78, 5) is 0. The maximum atomic E-state index is 3.01. The minimum absolute atomic E-state index is 1.23. The molecule has 0 saturated heterocycles. The zero-order valence-corrected chi connectivity index (χ0v) is 9.31. The lowest BCUT2D eigenvalue weighted by atomic mass is 10.1. The first-order valence-electron chi connectivity index (χ1n) is 5.74. The Morgan fingerprint density at radius 2 is 1.54 bits per heavy atom. The molecule has 0 aliphatic rings. The van der Waals surface area contributed by atoms with Gasteiger partial charge in [0.2, 0.25) is 0 Å². The largest absolute Gasteiger partial charge is 0.394 e. The van der Waals surface area contributed by atoms with Crippen LogP contribution in [0.5, 0.6) is 0 Å². The summed E-state index contributed by atoms with van der Waals surface area (Å²) in [6.45, 7) is 2.27. The van der Waals surface area contributed by atoms with E-state index in [0.29, 0.717) is 0 Å². The summed E-state index contributed by atoms with van der Waals surface area (Å²) >= 11 is 0. The molecule has 0 aromatic carbocycles. The molecule has 0 aromatic heterocycles. The molecule has 0 atom stereocenters. The van der Waals surface area contributed by atoms with Crippen molar-refractivity contribution in [1.29, 1.82) is 0 Å². The van der Waals surface area contributed by atoms with Gasteiger partial charge in [0, 0.05) is 7.05 Å². The second kappa shape index (κ2) is 11.5. The molecule has 0 fully saturated rings. The van der Waals surface area contributed by atoms with Crippen LogP contribution in [0.4, 0.5) is 0 Å². The maximum Gasteiger partial charge on any atom is 0.00276 e. The third kappa shape index (κ3) is 11.5. The van der Waals surface area contributed by atoms with E-state index in [1.54, 1.807) is 0 Å². The molecule has 0 aliphatic heterocycles. The number of allylic oxidation sites excluding steroid dienone is 1. The second-order valence-electron chi connectivity index (χ2n) is 3.60. The first-order valence-corrected chi connectivity index (χ1v) is 5.74. The molecule has 0 unspecified atom stereocenters. The predicted octanol–water partition coefficient (Wildman–Crippen LogP) is 3.86. The van der Waals surface area contributed by atoms with Crippen molar-refractivity contribution in [2.24, 2.45) is 0 Å². The van der Waals surface area contributed by atoms with E-state index in [0.717, 1.165) is 0 Å². The highest BCUT2D eigenvalue weighted by Gasteiger charge is 1.88. The molecule has 0 radical (unpaired) electrons. The Kier molecular flexibility index (Phi) is 11.1. The SMILES string of the molecule is CCCCCCCCC/C=C\NC. The summed E-state index contributed by atoms with van der Waals surface area (Å²) in [6, 6.07) is 0. The molecule has 0 aromatic rings. The third-order valence-corrected chi connectivity index (χ3v) is 2.26. The van der Waals surface area contributed by atoms with Gasteiger partial charge in [-0.25, -0.2) is 0 Å². The molecule has 0 saturated carbocycles. The quantitative estimate of drug-likeness (QED) is 0.535. The fourth-order valence-corrected chi connectivity index (χ4v) is 1.42. The molecule has 0 rings (SSSR count). The van der Waals surface area contributed by atoms with Crippen LogP contribution in [0.2, 0.25) is 0 Å². The van der Waals surface area contributed by atoms with E-state index >= 15 is 0 Å². The third-order valence-electron chi connectivity index (χ3n) is 2.26. The Hall–Kier alpha value is -0.460. The first-order chi connectivity index (χ1) is 6.41. The van der Waals surface area contributed by atoms with E-state index in [1.807, 2.05) is 13.2 Å². The Morgan fingerprint density at radius 1 is 0.923 bits per heavy atom. The Labute approximate surface area is 83.6 Å². The van der Waals surface area contributed by atoms with Crippen LogP contribution in [0.25, 0.3) is 0 Å². The minimum atomic E-state index is 1.23. The number of hydrogen-bond donors (Lipinski definition) is 1. The summed E-state index contributed by atoms with van der Waals surface area (Å²) in [7, 11) is 1.95. The van der Waals surface area contributed by atoms with Gasteiger partial charge in [0.1, 0.15) is 0 Å². The monoisotopic (exact) mass is 183 g/mol. The van der Waals surface area contributed by atoms with Crippen molar-refractivity contribution >= 4 is 0 Å². The van der Waals surface area contributed by atoms with Crippen LogP contribution in [0.3, 0.4) is 0 Å². The molecule has 0 spiro atoms. The molecule has 0 amide bonds. The average molecular weight is 183 g/mol. The molecule has 78 valence electrons. The lowest BCUT2D eigenvalue weighted by Crippen LogP contribution is -1.90. The van der Waals surface area contributed by atoms with E-state index in [4.69, 9.17) is 0 Å². The smallest absolute Gasteiger partial charge is 0.00276 e. The van der Waals surface area contributed by atoms with Crippen molar-refractivity contribution in [1.82, 2.24) is 5.32 Å². The van der Waals surface area contributed by atoms with E-state index in [2.05, 4.69) is 18.3 Å². The molecule has 1 N–H and O–H groups in total. The zero-order chi connectivity index (χ0) is 9.78. The minimum Gasteiger partial charge on any atom is -0.394 e. The summed E-state index contributed by atoms with van der Waals surface area (Å²) < 4.78 is 0. The van der Waals surface area contributed by atoms with Gasteiger partial charge in [-0.1, -0.05) is 51.5 Å². The van der Waals surface area contributed by atoms with Crippen LogP contribution in [0.15, 0.2) is 12.3 Å². The van der Waals surface area contributed by atoms with Crippen molar-refractivity contribution in [2.45, 2.75) is 58.3 Å². The summed E-state index contributed by atoms with van der Waals surface area (Å²) in [6.07, 6.45) is 15.3. The van der Waals surface area contributed by atoms with Gasteiger partial charge in [-0.3, -0.25) is 0 Å². The van der Waals surface area contributed by atoms with Crippen LogP contribution in [-0.4, -0.2) is 7.05 Å². The normalized spacial score (nSPS) is 10.9. The fourth-order valence-electron chi connectivity index (χ4n) is 1.42. The van der Waals surface area contributed by atoms with E-state index in [-0.39, 0.29) is 0 Å². The van der Waals surface area contributed by atoms with Gasteiger partial charge in [-0.05, 0) is 19.0 Å². The molecule has 0 bridgehead atoms. The standard InChI is InChI=1S/C12H25N/c1-3-4-5-6-7-8-9-10-11-12-13-2/h11-13H,3-10H2,1-2H3/b12-11-. The zero-order valence-electron chi connectivity index (χ0n) is 9.31. The summed E-state index contributed by atoms with van der Waals surface area (Å²) in [5, 5.41) is 3.01. The van der Waals surface area contributed by atoms with E-state index in [1.165, 1.54) is 51.4 Å². The van der Waals surface area contributed by atoms with Crippen molar-refractivity contribution in [3.8, 4) is 0 Å². The van der Waals surface area contributed by atoms with Gasteiger partial charge in [0.15, 0.2) is 0 Å². The Balaban J connectivity index is 2.87. The second-order valence-corrected chi connectivity index (χ2v) is 3.60. The summed E-state index contributed by atoms with van der Waals surface area (Å²) in [5.41, 5.74) is 0. The van der Waals surface area contributed by atoms with Crippen molar-refractivity contribution in [3.05, 3.63) is 12.3 Å². The van der Waals surface area contributed by atoms with Gasteiger partial charge in [0.05, 0.1) is 0 Å². The first kappa shape index (κ1) is 12.5.